The number of piperidine rings is 1. The van der Waals surface area contributed by atoms with E-state index in [-0.39, 0.29) is 17.3 Å². The Morgan fingerprint density at radius 3 is 2.53 bits per heavy atom. The zero-order valence-electron chi connectivity index (χ0n) is 20.5. The summed E-state index contributed by atoms with van der Waals surface area (Å²) >= 11 is 0. The number of nitrogens with zero attached hydrogens (tertiary/aromatic N) is 2. The molecular weight excluding hydrogens is 449 g/mol. The topological polar surface area (TPSA) is 35.6 Å². The Morgan fingerprint density at radius 2 is 1.72 bits per heavy atom. The predicted octanol–water partition coefficient (Wildman–Crippen LogP) is 6.87. The first-order valence-corrected chi connectivity index (χ1v) is 12.6. The third-order valence-corrected chi connectivity index (χ3v) is 7.83. The maximum atomic E-state index is 14.4. The van der Waals surface area contributed by atoms with Gasteiger partial charge in [-0.3, -0.25) is 9.80 Å². The average Bonchev–Trinajstić information content (AvgIpc) is 3.19. The molecule has 182 valence electrons. The number of fused-ring (bicyclic) bond motifs is 3. The molecular formula is C31H30FN3O. The Kier molecular flexibility index (Phi) is 5.73. The summed E-state index contributed by atoms with van der Waals surface area (Å²) in [6, 6.07) is 27.6. The van der Waals surface area contributed by atoms with Gasteiger partial charge >= 0.3 is 6.03 Å². The molecule has 4 aromatic rings. The van der Waals surface area contributed by atoms with E-state index in [0.717, 1.165) is 55.0 Å². The lowest BCUT2D eigenvalue weighted by molar-refractivity contribution is 0.160. The van der Waals surface area contributed by atoms with Gasteiger partial charge < -0.3 is 5.32 Å². The van der Waals surface area contributed by atoms with Crippen LogP contribution in [0.2, 0.25) is 0 Å². The third kappa shape index (κ3) is 4.24. The van der Waals surface area contributed by atoms with Crippen LogP contribution in [0.15, 0.2) is 84.9 Å². The van der Waals surface area contributed by atoms with E-state index in [0.29, 0.717) is 6.54 Å². The van der Waals surface area contributed by atoms with Crippen LogP contribution < -0.4 is 10.2 Å². The summed E-state index contributed by atoms with van der Waals surface area (Å²) in [4.78, 5) is 17.6. The summed E-state index contributed by atoms with van der Waals surface area (Å²) in [5.74, 6) is -0.243. The molecule has 0 atom stereocenters. The first-order chi connectivity index (χ1) is 17.5. The van der Waals surface area contributed by atoms with Crippen LogP contribution in [0.25, 0.3) is 10.8 Å². The van der Waals surface area contributed by atoms with Gasteiger partial charge in [0.1, 0.15) is 5.82 Å². The molecule has 0 aromatic heterocycles. The van der Waals surface area contributed by atoms with Gasteiger partial charge in [0.25, 0.3) is 0 Å². The molecule has 4 nitrogen and oxygen atoms in total. The van der Waals surface area contributed by atoms with Gasteiger partial charge in [0, 0.05) is 29.9 Å². The highest BCUT2D eigenvalue weighted by Gasteiger charge is 2.46. The molecule has 0 radical (unpaired) electrons. The fourth-order valence-corrected chi connectivity index (χ4v) is 5.90. The molecule has 0 aliphatic carbocycles. The standard InChI is InChI=1S/C31H30FN3O/c1-22-5-4-8-27(17-22)33-30(36)35-21-31(28-19-26(32)11-12-29(28)35)13-15-34(16-14-31)20-23-9-10-24-6-2-3-7-25(24)18-23/h2-12,17-19H,13-16,20-21H2,1H3,(H,33,36). The quantitative estimate of drug-likeness (QED) is 0.348. The Hall–Kier alpha value is -3.70. The second-order valence-electron chi connectivity index (χ2n) is 10.3. The van der Waals surface area contributed by atoms with Crippen molar-refractivity contribution in [1.82, 2.24) is 4.90 Å². The van der Waals surface area contributed by atoms with Gasteiger partial charge in [-0.1, -0.05) is 48.5 Å². The summed E-state index contributed by atoms with van der Waals surface area (Å²) in [5.41, 5.74) is 4.74. The van der Waals surface area contributed by atoms with Crippen molar-refractivity contribution in [1.29, 1.82) is 0 Å². The van der Waals surface area contributed by atoms with E-state index >= 15 is 0 Å². The fourth-order valence-electron chi connectivity index (χ4n) is 5.90. The van der Waals surface area contributed by atoms with Crippen molar-refractivity contribution in [2.24, 2.45) is 0 Å². The molecule has 1 fully saturated rings. The molecule has 1 saturated heterocycles. The van der Waals surface area contributed by atoms with Crippen LogP contribution in [-0.4, -0.2) is 30.6 Å². The second-order valence-corrected chi connectivity index (χ2v) is 10.3. The van der Waals surface area contributed by atoms with Crippen molar-refractivity contribution in [3.05, 3.63) is 107 Å². The molecule has 2 heterocycles. The van der Waals surface area contributed by atoms with E-state index in [4.69, 9.17) is 0 Å². The van der Waals surface area contributed by atoms with Gasteiger partial charge in [-0.05, 0) is 96.7 Å². The summed E-state index contributed by atoms with van der Waals surface area (Å²) in [6.07, 6.45) is 1.79. The minimum absolute atomic E-state index is 0.163. The largest absolute Gasteiger partial charge is 0.326 e. The van der Waals surface area contributed by atoms with E-state index in [1.165, 1.54) is 22.4 Å². The van der Waals surface area contributed by atoms with E-state index in [1.54, 1.807) is 17.0 Å². The van der Waals surface area contributed by atoms with Gasteiger partial charge in [0.05, 0.1) is 0 Å². The second kappa shape index (κ2) is 9.07. The number of anilines is 2. The first kappa shape index (κ1) is 22.7. The Labute approximate surface area is 211 Å². The van der Waals surface area contributed by atoms with Crippen LogP contribution >= 0.6 is 0 Å². The molecule has 1 spiro atoms. The predicted molar refractivity (Wildman–Crippen MR) is 144 cm³/mol. The molecule has 0 saturated carbocycles. The van der Waals surface area contributed by atoms with Crippen LogP contribution in [0.4, 0.5) is 20.6 Å². The smallest absolute Gasteiger partial charge is 0.308 e. The van der Waals surface area contributed by atoms with Gasteiger partial charge in [0.15, 0.2) is 0 Å². The summed E-state index contributed by atoms with van der Waals surface area (Å²) in [6.45, 7) is 5.30. The highest BCUT2D eigenvalue weighted by atomic mass is 19.1. The lowest BCUT2D eigenvalue weighted by Gasteiger charge is -2.40. The van der Waals surface area contributed by atoms with Crippen LogP contribution in [0, 0.1) is 12.7 Å². The van der Waals surface area contributed by atoms with E-state index in [2.05, 4.69) is 52.7 Å². The molecule has 2 aliphatic rings. The number of aryl methyl sites for hydroxylation is 1. The zero-order chi connectivity index (χ0) is 24.7. The number of likely N-dealkylation sites (tertiary alicyclic amines) is 1. The molecule has 0 bridgehead atoms. The van der Waals surface area contributed by atoms with E-state index in [9.17, 15) is 9.18 Å². The van der Waals surface area contributed by atoms with Crippen LogP contribution in [0.1, 0.15) is 29.5 Å². The summed E-state index contributed by atoms with van der Waals surface area (Å²) in [7, 11) is 0. The average molecular weight is 480 g/mol. The van der Waals surface area contributed by atoms with Crippen LogP contribution in [0.5, 0.6) is 0 Å². The number of urea groups is 1. The number of nitrogens with one attached hydrogen (secondary N) is 1. The van der Waals surface area contributed by atoms with E-state index in [1.807, 2.05) is 31.2 Å². The monoisotopic (exact) mass is 479 g/mol. The highest BCUT2D eigenvalue weighted by Crippen LogP contribution is 2.47. The molecule has 2 amide bonds. The fraction of sp³-hybridized carbons (Fsp3) is 0.258. The molecule has 1 N–H and O–H groups in total. The van der Waals surface area contributed by atoms with Gasteiger partial charge in [-0.15, -0.1) is 0 Å². The zero-order valence-corrected chi connectivity index (χ0v) is 20.5. The Morgan fingerprint density at radius 1 is 0.917 bits per heavy atom. The number of rotatable bonds is 3. The summed E-state index contributed by atoms with van der Waals surface area (Å²) < 4.78 is 14.4. The van der Waals surface area contributed by atoms with Crippen molar-refractivity contribution in [3.8, 4) is 0 Å². The minimum atomic E-state index is -0.243. The number of carbonyl (C=O) groups is 1. The maximum absolute atomic E-state index is 14.4. The molecule has 36 heavy (non-hydrogen) atoms. The minimum Gasteiger partial charge on any atom is -0.308 e. The molecule has 0 unspecified atom stereocenters. The number of amides is 2. The lowest BCUT2D eigenvalue weighted by atomic mass is 9.74. The van der Waals surface area contributed by atoms with Crippen molar-refractivity contribution < 1.29 is 9.18 Å². The van der Waals surface area contributed by atoms with E-state index < -0.39 is 0 Å². The lowest BCUT2D eigenvalue weighted by Crippen LogP contribution is -2.46. The molecule has 5 heteroatoms. The molecule has 6 rings (SSSR count). The Bertz CT molecular complexity index is 1440. The van der Waals surface area contributed by atoms with Crippen molar-refractivity contribution in [2.75, 3.05) is 29.9 Å². The Balaban J connectivity index is 1.20. The van der Waals surface area contributed by atoms with Gasteiger partial charge in [-0.25, -0.2) is 9.18 Å². The first-order valence-electron chi connectivity index (χ1n) is 12.6. The van der Waals surface area contributed by atoms with Gasteiger partial charge in [0.2, 0.25) is 0 Å². The highest BCUT2D eigenvalue weighted by molar-refractivity contribution is 6.03. The van der Waals surface area contributed by atoms with Gasteiger partial charge in [-0.2, -0.15) is 0 Å². The third-order valence-electron chi connectivity index (χ3n) is 7.83. The number of halogens is 1. The number of hydrogen-bond acceptors (Lipinski definition) is 2. The summed E-state index contributed by atoms with van der Waals surface area (Å²) in [5, 5.41) is 5.56. The van der Waals surface area contributed by atoms with Crippen LogP contribution in [-0.2, 0) is 12.0 Å². The number of carbonyl (C=O) groups excluding carboxylic acids is 1. The van der Waals surface area contributed by atoms with Crippen molar-refractivity contribution in [2.45, 2.75) is 31.7 Å². The molecule has 4 aromatic carbocycles. The number of benzene rings is 4. The SMILES string of the molecule is Cc1cccc(NC(=O)N2CC3(CCN(Cc4ccc5ccccc5c4)CC3)c3cc(F)ccc32)c1. The molecule has 2 aliphatic heterocycles. The normalized spacial score (nSPS) is 16.9. The maximum Gasteiger partial charge on any atom is 0.326 e. The van der Waals surface area contributed by atoms with Crippen LogP contribution in [0.3, 0.4) is 0 Å². The van der Waals surface area contributed by atoms with Crippen molar-refractivity contribution in [3.63, 3.8) is 0 Å². The number of hydrogen-bond donors (Lipinski definition) is 1. The van der Waals surface area contributed by atoms with Crippen molar-refractivity contribution >= 4 is 28.2 Å².